The minimum absolute atomic E-state index is 0.213. The fourth-order valence-electron chi connectivity index (χ4n) is 0.704. The summed E-state index contributed by atoms with van der Waals surface area (Å²) in [5, 5.41) is 0. The fourth-order valence-corrected chi connectivity index (χ4v) is 1.37. The van der Waals surface area contributed by atoms with E-state index in [9.17, 15) is 8.42 Å². The molecule has 0 aromatic rings. The summed E-state index contributed by atoms with van der Waals surface area (Å²) in [6, 6.07) is 0. The van der Waals surface area contributed by atoms with Gasteiger partial charge >= 0.3 is 0 Å². The molecule has 0 amide bonds. The molecule has 0 fully saturated rings. The highest BCUT2D eigenvalue weighted by atomic mass is 32.2. The molecule has 0 radical (unpaired) electrons. The van der Waals surface area contributed by atoms with Crippen LogP contribution in [0.3, 0.4) is 0 Å². The van der Waals surface area contributed by atoms with Gasteiger partial charge in [0.05, 0.1) is 12.4 Å². The van der Waals surface area contributed by atoms with Gasteiger partial charge in [0.25, 0.3) is 0 Å². The number of nitrogens with one attached hydrogen (secondary N) is 1. The number of rotatable bonds is 7. The van der Waals surface area contributed by atoms with Crippen LogP contribution in [0.15, 0.2) is 0 Å². The molecule has 0 bridgehead atoms. The van der Waals surface area contributed by atoms with E-state index in [4.69, 9.17) is 4.84 Å². The topological polar surface area (TPSA) is 55.4 Å². The molecule has 0 unspecified atom stereocenters. The van der Waals surface area contributed by atoms with E-state index in [1.807, 2.05) is 0 Å². The SMILES string of the molecule is CC(C)CONCCCS(C)(=O)=O. The molecule has 0 saturated carbocycles. The molecule has 0 spiro atoms. The number of hydroxylamine groups is 1. The van der Waals surface area contributed by atoms with E-state index in [1.54, 1.807) is 0 Å². The third-order valence-electron chi connectivity index (χ3n) is 1.31. The van der Waals surface area contributed by atoms with E-state index in [0.29, 0.717) is 25.5 Å². The highest BCUT2D eigenvalue weighted by Crippen LogP contribution is 1.90. The van der Waals surface area contributed by atoms with Crippen LogP contribution in [0.25, 0.3) is 0 Å². The molecule has 0 aliphatic rings. The van der Waals surface area contributed by atoms with Gasteiger partial charge in [0, 0.05) is 12.8 Å². The highest BCUT2D eigenvalue weighted by Gasteiger charge is 2.00. The molecule has 13 heavy (non-hydrogen) atoms. The number of hydrogen-bond acceptors (Lipinski definition) is 4. The van der Waals surface area contributed by atoms with Gasteiger partial charge in [0.15, 0.2) is 0 Å². The van der Waals surface area contributed by atoms with Gasteiger partial charge in [0.1, 0.15) is 9.84 Å². The Kier molecular flexibility index (Phi) is 6.28. The van der Waals surface area contributed by atoms with E-state index in [2.05, 4.69) is 19.3 Å². The second-order valence-corrected chi connectivity index (χ2v) is 5.84. The Bertz CT molecular complexity index is 211. The van der Waals surface area contributed by atoms with Crippen LogP contribution in [0, 0.1) is 5.92 Å². The Morgan fingerprint density at radius 1 is 1.38 bits per heavy atom. The minimum atomic E-state index is -2.82. The van der Waals surface area contributed by atoms with Gasteiger partial charge in [-0.1, -0.05) is 13.8 Å². The lowest BCUT2D eigenvalue weighted by Crippen LogP contribution is -2.21. The molecule has 5 heteroatoms. The van der Waals surface area contributed by atoms with E-state index in [1.165, 1.54) is 6.26 Å². The largest absolute Gasteiger partial charge is 0.302 e. The van der Waals surface area contributed by atoms with E-state index < -0.39 is 9.84 Å². The van der Waals surface area contributed by atoms with Gasteiger partial charge in [-0.2, -0.15) is 0 Å². The average molecular weight is 209 g/mol. The van der Waals surface area contributed by atoms with Crippen molar-refractivity contribution in [3.05, 3.63) is 0 Å². The Morgan fingerprint density at radius 3 is 2.46 bits per heavy atom. The van der Waals surface area contributed by atoms with Crippen molar-refractivity contribution in [2.45, 2.75) is 20.3 Å². The lowest BCUT2D eigenvalue weighted by molar-refractivity contribution is 0.0242. The second kappa shape index (κ2) is 6.34. The Morgan fingerprint density at radius 2 is 2.00 bits per heavy atom. The maximum absolute atomic E-state index is 10.7. The van der Waals surface area contributed by atoms with E-state index >= 15 is 0 Å². The lowest BCUT2D eigenvalue weighted by atomic mass is 10.2. The van der Waals surface area contributed by atoms with Crippen molar-refractivity contribution in [2.24, 2.45) is 5.92 Å². The standard InChI is InChI=1S/C8H19NO3S/c1-8(2)7-12-9-5-4-6-13(3,10)11/h8-9H,4-7H2,1-3H3. The Hall–Kier alpha value is -0.130. The van der Waals surface area contributed by atoms with E-state index in [-0.39, 0.29) is 5.75 Å². The molecule has 0 heterocycles. The van der Waals surface area contributed by atoms with Crippen molar-refractivity contribution < 1.29 is 13.3 Å². The molecular formula is C8H19NO3S. The van der Waals surface area contributed by atoms with Crippen molar-refractivity contribution in [1.82, 2.24) is 5.48 Å². The summed E-state index contributed by atoms with van der Waals surface area (Å²) >= 11 is 0. The quantitative estimate of drug-likeness (QED) is 0.493. The van der Waals surface area contributed by atoms with Crippen molar-refractivity contribution in [1.29, 1.82) is 0 Å². The van der Waals surface area contributed by atoms with Crippen LogP contribution in [0.2, 0.25) is 0 Å². The zero-order chi connectivity index (χ0) is 10.3. The molecule has 1 N–H and O–H groups in total. The van der Waals surface area contributed by atoms with Crippen LogP contribution < -0.4 is 5.48 Å². The van der Waals surface area contributed by atoms with Gasteiger partial charge < -0.3 is 4.84 Å². The van der Waals surface area contributed by atoms with Gasteiger partial charge in [-0.3, -0.25) is 0 Å². The van der Waals surface area contributed by atoms with E-state index in [0.717, 1.165) is 0 Å². The molecule has 0 aliphatic carbocycles. The fraction of sp³-hybridized carbons (Fsp3) is 1.00. The summed E-state index contributed by atoms with van der Waals surface area (Å²) in [5.74, 6) is 0.702. The predicted octanol–water partition coefficient (Wildman–Crippen LogP) is 0.598. The molecule has 0 aliphatic heterocycles. The van der Waals surface area contributed by atoms with Crippen molar-refractivity contribution in [2.75, 3.05) is 25.2 Å². The zero-order valence-corrected chi connectivity index (χ0v) is 9.36. The van der Waals surface area contributed by atoms with Crippen LogP contribution in [0.5, 0.6) is 0 Å². The summed E-state index contributed by atoms with van der Waals surface area (Å²) in [4.78, 5) is 5.06. The van der Waals surface area contributed by atoms with Crippen LogP contribution in [-0.4, -0.2) is 33.6 Å². The van der Waals surface area contributed by atoms with Crippen LogP contribution in [-0.2, 0) is 14.7 Å². The molecule has 0 aromatic heterocycles. The summed E-state index contributed by atoms with van der Waals surface area (Å²) in [6.07, 6.45) is 1.83. The Labute approximate surface area is 80.5 Å². The summed E-state index contributed by atoms with van der Waals surface area (Å²) in [7, 11) is -2.82. The first-order valence-corrected chi connectivity index (χ1v) is 6.50. The van der Waals surface area contributed by atoms with Crippen LogP contribution >= 0.6 is 0 Å². The maximum Gasteiger partial charge on any atom is 0.147 e. The first-order valence-electron chi connectivity index (χ1n) is 4.44. The molecule has 80 valence electrons. The number of hydrogen-bond donors (Lipinski definition) is 1. The van der Waals surface area contributed by atoms with Crippen LogP contribution in [0.4, 0.5) is 0 Å². The van der Waals surface area contributed by atoms with Gasteiger partial charge in [-0.25, -0.2) is 13.9 Å². The predicted molar refractivity (Wildman–Crippen MR) is 53.1 cm³/mol. The smallest absolute Gasteiger partial charge is 0.147 e. The third kappa shape index (κ3) is 11.9. The van der Waals surface area contributed by atoms with Crippen molar-refractivity contribution in [3.63, 3.8) is 0 Å². The maximum atomic E-state index is 10.7. The average Bonchev–Trinajstić information content (AvgIpc) is 1.93. The molecule has 0 saturated heterocycles. The van der Waals surface area contributed by atoms with Gasteiger partial charge in [-0.05, 0) is 12.3 Å². The lowest BCUT2D eigenvalue weighted by Gasteiger charge is -2.06. The summed E-state index contributed by atoms with van der Waals surface area (Å²) < 4.78 is 21.4. The Balaban J connectivity index is 3.18. The van der Waals surface area contributed by atoms with Gasteiger partial charge in [0.2, 0.25) is 0 Å². The van der Waals surface area contributed by atoms with Crippen LogP contribution in [0.1, 0.15) is 20.3 Å². The third-order valence-corrected chi connectivity index (χ3v) is 2.34. The normalized spacial score (nSPS) is 12.3. The minimum Gasteiger partial charge on any atom is -0.302 e. The molecule has 0 rings (SSSR count). The second-order valence-electron chi connectivity index (χ2n) is 3.58. The highest BCUT2D eigenvalue weighted by molar-refractivity contribution is 7.90. The van der Waals surface area contributed by atoms with Gasteiger partial charge in [-0.15, -0.1) is 0 Å². The number of sulfone groups is 1. The summed E-state index contributed by atoms with van der Waals surface area (Å²) in [5.41, 5.74) is 2.72. The molecule has 0 atom stereocenters. The molecule has 0 aromatic carbocycles. The first kappa shape index (κ1) is 12.9. The molecular weight excluding hydrogens is 190 g/mol. The first-order chi connectivity index (χ1) is 5.92. The zero-order valence-electron chi connectivity index (χ0n) is 8.54. The van der Waals surface area contributed by atoms with Crippen molar-refractivity contribution in [3.8, 4) is 0 Å². The summed E-state index contributed by atoms with van der Waals surface area (Å²) in [6.45, 7) is 5.34. The molecule has 4 nitrogen and oxygen atoms in total. The van der Waals surface area contributed by atoms with Crippen molar-refractivity contribution >= 4 is 9.84 Å². The monoisotopic (exact) mass is 209 g/mol.